The molecule has 43 heavy (non-hydrogen) atoms. The first-order chi connectivity index (χ1) is 20.3. The van der Waals surface area contributed by atoms with Gasteiger partial charge in [-0.2, -0.15) is 0 Å². The van der Waals surface area contributed by atoms with E-state index in [2.05, 4.69) is 26.1 Å². The number of nitrogens with zero attached hydrogens (tertiary/aromatic N) is 2. The van der Waals surface area contributed by atoms with E-state index >= 15 is 0 Å². The first-order valence-electron chi connectivity index (χ1n) is 14.8. The number of halogens is 1. The Kier molecular flexibility index (Phi) is 10.6. The molecule has 230 valence electrons. The van der Waals surface area contributed by atoms with Gasteiger partial charge in [0.25, 0.3) is 0 Å². The number of hydrogen-bond donors (Lipinski definition) is 1. The second kappa shape index (κ2) is 14.0. The molecule has 0 unspecified atom stereocenters. The van der Waals surface area contributed by atoms with Crippen LogP contribution in [-0.4, -0.2) is 50.0 Å². The Bertz CT molecular complexity index is 1480. The topological polar surface area (TPSA) is 86.8 Å². The van der Waals surface area contributed by atoms with Crippen LogP contribution in [0, 0.1) is 0 Å². The molecule has 2 amide bonds. The fourth-order valence-electron chi connectivity index (χ4n) is 5.45. The molecule has 0 radical (unpaired) electrons. The standard InChI is InChI=1S/C34H42ClN3O4S/c1-34(2,3)27-16-20-30(21-17-27)38(43(4,41)42)24-32(39)37(23-26-14-18-28(35)19-15-26)31(22-25-10-6-5-7-11-25)33(40)36-29-12-8-9-13-29/h5-7,10-11,14-21,29,31H,8-9,12-13,22-24H2,1-4H3,(H,36,40)/t31-/m0/s1. The number of carbonyl (C=O) groups is 2. The molecule has 9 heteroatoms. The van der Waals surface area contributed by atoms with E-state index in [1.165, 1.54) is 4.90 Å². The van der Waals surface area contributed by atoms with E-state index < -0.39 is 28.5 Å². The minimum Gasteiger partial charge on any atom is -0.352 e. The Morgan fingerprint density at radius 2 is 1.51 bits per heavy atom. The SMILES string of the molecule is CC(C)(C)c1ccc(N(CC(=O)N(Cc2ccc(Cl)cc2)[C@@H](Cc2ccccc2)C(=O)NC2CCCC2)S(C)(=O)=O)cc1. The third kappa shape index (κ3) is 9.07. The molecule has 1 N–H and O–H groups in total. The highest BCUT2D eigenvalue weighted by molar-refractivity contribution is 7.92. The van der Waals surface area contributed by atoms with Gasteiger partial charge in [0, 0.05) is 24.0 Å². The third-order valence-electron chi connectivity index (χ3n) is 7.94. The van der Waals surface area contributed by atoms with Gasteiger partial charge in [0.2, 0.25) is 21.8 Å². The van der Waals surface area contributed by atoms with Gasteiger partial charge < -0.3 is 10.2 Å². The largest absolute Gasteiger partial charge is 0.352 e. The number of benzene rings is 3. The van der Waals surface area contributed by atoms with E-state index in [1.807, 2.05) is 54.6 Å². The lowest BCUT2D eigenvalue weighted by Gasteiger charge is -2.34. The van der Waals surface area contributed by atoms with E-state index in [1.54, 1.807) is 24.3 Å². The van der Waals surface area contributed by atoms with Crippen LogP contribution in [0.3, 0.4) is 0 Å². The Morgan fingerprint density at radius 3 is 2.07 bits per heavy atom. The predicted molar refractivity (Wildman–Crippen MR) is 174 cm³/mol. The molecule has 1 aliphatic carbocycles. The molecule has 1 atom stereocenters. The lowest BCUT2D eigenvalue weighted by atomic mass is 9.87. The highest BCUT2D eigenvalue weighted by Crippen LogP contribution is 2.27. The van der Waals surface area contributed by atoms with Gasteiger partial charge >= 0.3 is 0 Å². The third-order valence-corrected chi connectivity index (χ3v) is 9.33. The van der Waals surface area contributed by atoms with Gasteiger partial charge in [0.05, 0.1) is 11.9 Å². The first kappa shape index (κ1) is 32.6. The van der Waals surface area contributed by atoms with Crippen LogP contribution < -0.4 is 9.62 Å². The van der Waals surface area contributed by atoms with Crippen molar-refractivity contribution >= 4 is 39.1 Å². The van der Waals surface area contributed by atoms with E-state index in [4.69, 9.17) is 11.6 Å². The molecule has 0 bridgehead atoms. The average Bonchev–Trinajstić information content (AvgIpc) is 3.47. The van der Waals surface area contributed by atoms with E-state index in [-0.39, 0.29) is 30.3 Å². The van der Waals surface area contributed by atoms with Crippen molar-refractivity contribution in [1.29, 1.82) is 0 Å². The maximum atomic E-state index is 14.3. The fourth-order valence-corrected chi connectivity index (χ4v) is 6.42. The zero-order valence-electron chi connectivity index (χ0n) is 25.4. The van der Waals surface area contributed by atoms with Crippen molar-refractivity contribution in [2.75, 3.05) is 17.1 Å². The van der Waals surface area contributed by atoms with Crippen LogP contribution in [-0.2, 0) is 38.0 Å². The zero-order chi connectivity index (χ0) is 31.2. The molecule has 1 fully saturated rings. The summed E-state index contributed by atoms with van der Waals surface area (Å²) in [4.78, 5) is 29.7. The monoisotopic (exact) mass is 623 g/mol. The first-order valence-corrected chi connectivity index (χ1v) is 17.0. The highest BCUT2D eigenvalue weighted by atomic mass is 35.5. The molecule has 3 aromatic carbocycles. The molecule has 0 heterocycles. The highest BCUT2D eigenvalue weighted by Gasteiger charge is 2.34. The van der Waals surface area contributed by atoms with Crippen molar-refractivity contribution in [3.8, 4) is 0 Å². The number of anilines is 1. The van der Waals surface area contributed by atoms with E-state index in [0.717, 1.165) is 52.9 Å². The Balaban J connectivity index is 1.71. The van der Waals surface area contributed by atoms with Gasteiger partial charge in [-0.15, -0.1) is 0 Å². The molecular formula is C34H42ClN3O4S. The van der Waals surface area contributed by atoms with Gasteiger partial charge in [0.15, 0.2) is 0 Å². The number of sulfonamides is 1. The van der Waals surface area contributed by atoms with Crippen LogP contribution in [0.1, 0.15) is 63.1 Å². The maximum Gasteiger partial charge on any atom is 0.244 e. The number of hydrogen-bond acceptors (Lipinski definition) is 4. The molecule has 0 aliphatic heterocycles. The smallest absolute Gasteiger partial charge is 0.244 e. The number of amides is 2. The summed E-state index contributed by atoms with van der Waals surface area (Å²) in [7, 11) is -3.83. The number of carbonyl (C=O) groups excluding carboxylic acids is 2. The van der Waals surface area contributed by atoms with Crippen LogP contribution in [0.2, 0.25) is 5.02 Å². The summed E-state index contributed by atoms with van der Waals surface area (Å²) in [5, 5.41) is 3.74. The minimum absolute atomic E-state index is 0.0621. The van der Waals surface area contributed by atoms with Crippen molar-refractivity contribution in [1.82, 2.24) is 10.2 Å². The summed E-state index contributed by atoms with van der Waals surface area (Å²) in [5.41, 5.74) is 3.01. The predicted octanol–water partition coefficient (Wildman–Crippen LogP) is 6.10. The molecule has 3 aromatic rings. The second-order valence-corrected chi connectivity index (χ2v) is 14.8. The summed E-state index contributed by atoms with van der Waals surface area (Å²) in [6, 6.07) is 23.1. The van der Waals surface area contributed by atoms with Crippen LogP contribution in [0.25, 0.3) is 0 Å². The van der Waals surface area contributed by atoms with Gasteiger partial charge in [-0.25, -0.2) is 8.42 Å². The van der Waals surface area contributed by atoms with Gasteiger partial charge in [-0.3, -0.25) is 13.9 Å². The Labute approximate surface area is 261 Å². The van der Waals surface area contributed by atoms with E-state index in [0.29, 0.717) is 10.7 Å². The van der Waals surface area contributed by atoms with Crippen molar-refractivity contribution < 1.29 is 18.0 Å². The van der Waals surface area contributed by atoms with Crippen molar-refractivity contribution in [2.24, 2.45) is 0 Å². The van der Waals surface area contributed by atoms with Gasteiger partial charge in [0.1, 0.15) is 12.6 Å². The van der Waals surface area contributed by atoms with Gasteiger partial charge in [-0.1, -0.05) is 99.8 Å². The van der Waals surface area contributed by atoms with Crippen molar-refractivity contribution in [3.05, 3.63) is 101 Å². The Hall–Kier alpha value is -3.36. The molecule has 0 spiro atoms. The lowest BCUT2D eigenvalue weighted by molar-refractivity contribution is -0.140. The quantitative estimate of drug-likeness (QED) is 0.280. The Morgan fingerprint density at radius 1 is 0.907 bits per heavy atom. The average molecular weight is 624 g/mol. The zero-order valence-corrected chi connectivity index (χ0v) is 27.0. The van der Waals surface area contributed by atoms with Gasteiger partial charge in [-0.05, 0) is 59.2 Å². The lowest BCUT2D eigenvalue weighted by Crippen LogP contribution is -2.54. The molecule has 0 saturated heterocycles. The summed E-state index contributed by atoms with van der Waals surface area (Å²) in [5.74, 6) is -0.707. The number of rotatable bonds is 11. The molecule has 1 aliphatic rings. The van der Waals surface area contributed by atoms with Crippen molar-refractivity contribution in [2.45, 2.75) is 76.9 Å². The number of nitrogens with one attached hydrogen (secondary N) is 1. The molecular weight excluding hydrogens is 582 g/mol. The van der Waals surface area contributed by atoms with Crippen molar-refractivity contribution in [3.63, 3.8) is 0 Å². The maximum absolute atomic E-state index is 14.3. The minimum atomic E-state index is -3.83. The van der Waals surface area contributed by atoms with Crippen LogP contribution in [0.4, 0.5) is 5.69 Å². The van der Waals surface area contributed by atoms with Crippen LogP contribution in [0.15, 0.2) is 78.9 Å². The summed E-state index contributed by atoms with van der Waals surface area (Å²) < 4.78 is 27.2. The summed E-state index contributed by atoms with van der Waals surface area (Å²) in [6.45, 7) is 5.92. The fraction of sp³-hybridized carbons (Fsp3) is 0.412. The summed E-state index contributed by atoms with van der Waals surface area (Å²) >= 11 is 6.13. The normalized spacial score (nSPS) is 14.7. The molecule has 7 nitrogen and oxygen atoms in total. The van der Waals surface area contributed by atoms with Crippen LogP contribution >= 0.6 is 11.6 Å². The molecule has 1 saturated carbocycles. The molecule has 0 aromatic heterocycles. The van der Waals surface area contributed by atoms with Crippen LogP contribution in [0.5, 0.6) is 0 Å². The summed E-state index contributed by atoms with van der Waals surface area (Å²) in [6.07, 6.45) is 5.30. The molecule has 4 rings (SSSR count). The van der Waals surface area contributed by atoms with E-state index in [9.17, 15) is 18.0 Å². The second-order valence-electron chi connectivity index (χ2n) is 12.4.